The predicted molar refractivity (Wildman–Crippen MR) is 137 cm³/mol. The normalized spacial score (nSPS) is 18.6. The first-order valence-corrected chi connectivity index (χ1v) is 12.7. The van der Waals surface area contributed by atoms with Crippen LogP contribution in [0, 0.1) is 5.92 Å². The van der Waals surface area contributed by atoms with Crippen LogP contribution in [0.4, 0.5) is 4.79 Å². The van der Waals surface area contributed by atoms with Gasteiger partial charge in [-0.1, -0.05) is 37.3 Å². The van der Waals surface area contributed by atoms with E-state index in [0.717, 1.165) is 37.8 Å². The van der Waals surface area contributed by atoms with Crippen molar-refractivity contribution in [2.45, 2.75) is 71.3 Å². The maximum Gasteiger partial charge on any atom is 0.410 e. The van der Waals surface area contributed by atoms with Crippen molar-refractivity contribution in [3.05, 3.63) is 64.5 Å². The van der Waals surface area contributed by atoms with Gasteiger partial charge in [-0.15, -0.1) is 0 Å². The Kier molecular flexibility index (Phi) is 7.42. The molecule has 2 aromatic rings. The minimum atomic E-state index is -0.482. The van der Waals surface area contributed by atoms with E-state index < -0.39 is 5.60 Å². The molecule has 1 aliphatic carbocycles. The average Bonchev–Trinajstić information content (AvgIpc) is 2.95. The van der Waals surface area contributed by atoms with E-state index >= 15 is 0 Å². The van der Waals surface area contributed by atoms with Crippen LogP contribution in [0.2, 0.25) is 0 Å². The summed E-state index contributed by atoms with van der Waals surface area (Å²) >= 11 is 0. The highest BCUT2D eigenvalue weighted by Gasteiger charge is 2.36. The van der Waals surface area contributed by atoms with Crippen molar-refractivity contribution in [3.63, 3.8) is 0 Å². The number of aliphatic hydroxyl groups is 1. The first-order chi connectivity index (χ1) is 16.3. The molecule has 1 saturated heterocycles. The van der Waals surface area contributed by atoms with Crippen LogP contribution in [0.5, 0.6) is 0 Å². The zero-order valence-electron chi connectivity index (χ0n) is 21.0. The van der Waals surface area contributed by atoms with Crippen LogP contribution >= 0.6 is 0 Å². The number of benzene rings is 1. The van der Waals surface area contributed by atoms with Gasteiger partial charge < -0.3 is 14.7 Å². The van der Waals surface area contributed by atoms with Gasteiger partial charge in [0.25, 0.3) is 0 Å². The molecule has 0 saturated carbocycles. The fourth-order valence-corrected chi connectivity index (χ4v) is 5.30. The van der Waals surface area contributed by atoms with Crippen molar-refractivity contribution >= 4 is 17.7 Å². The van der Waals surface area contributed by atoms with Crippen LogP contribution < -0.4 is 0 Å². The number of amides is 1. The van der Waals surface area contributed by atoms with Crippen LogP contribution in [0.15, 0.2) is 36.5 Å². The summed E-state index contributed by atoms with van der Waals surface area (Å²) in [6.07, 6.45) is 8.40. The van der Waals surface area contributed by atoms with Crippen molar-refractivity contribution in [1.82, 2.24) is 9.88 Å². The summed E-state index contributed by atoms with van der Waals surface area (Å²) in [5, 5.41) is 9.50. The molecule has 2 heterocycles. The number of allylic oxidation sites excluding steroid dienone is 1. The lowest BCUT2D eigenvalue weighted by molar-refractivity contribution is 0.0178. The Bertz CT molecular complexity index is 1050. The molecule has 0 spiro atoms. The van der Waals surface area contributed by atoms with E-state index in [1.54, 1.807) is 0 Å². The Labute approximate surface area is 203 Å². The molecule has 1 aromatic heterocycles. The van der Waals surface area contributed by atoms with Crippen molar-refractivity contribution < 1.29 is 14.6 Å². The van der Waals surface area contributed by atoms with Crippen LogP contribution in [0.1, 0.15) is 87.2 Å². The van der Waals surface area contributed by atoms with E-state index in [1.165, 1.54) is 27.8 Å². The summed E-state index contributed by atoms with van der Waals surface area (Å²) in [5.74, 6) is 0.574. The number of fused-ring (bicyclic) bond motifs is 2. The van der Waals surface area contributed by atoms with E-state index in [4.69, 9.17) is 9.72 Å². The van der Waals surface area contributed by atoms with Gasteiger partial charge in [-0.05, 0) is 92.7 Å². The molecule has 34 heavy (non-hydrogen) atoms. The van der Waals surface area contributed by atoms with Gasteiger partial charge in [-0.25, -0.2) is 4.79 Å². The maximum absolute atomic E-state index is 12.6. The molecular weight excluding hydrogens is 424 g/mol. The van der Waals surface area contributed by atoms with Crippen molar-refractivity contribution in [2.24, 2.45) is 5.92 Å². The second-order valence-electron chi connectivity index (χ2n) is 10.5. The van der Waals surface area contributed by atoms with Crippen molar-refractivity contribution in [1.29, 1.82) is 0 Å². The summed E-state index contributed by atoms with van der Waals surface area (Å²) in [6.45, 7) is 9.51. The first kappa shape index (κ1) is 24.5. The second-order valence-corrected chi connectivity index (χ2v) is 10.5. The lowest BCUT2D eigenvalue weighted by Gasteiger charge is -2.37. The molecule has 1 aliphatic heterocycles. The molecule has 5 nitrogen and oxygen atoms in total. The van der Waals surface area contributed by atoms with Gasteiger partial charge in [-0.2, -0.15) is 0 Å². The summed E-state index contributed by atoms with van der Waals surface area (Å²) < 4.78 is 5.61. The summed E-state index contributed by atoms with van der Waals surface area (Å²) in [7, 11) is 0. The minimum absolute atomic E-state index is 0.181. The SMILES string of the molecule is CCc1ccc2c(c1)C=C(CCCO)c1cccnc1C2C1CCN(C(=O)OC(C)(C)C)CC1. The number of hydrogen-bond acceptors (Lipinski definition) is 4. The van der Waals surface area contributed by atoms with Crippen LogP contribution in [-0.4, -0.2) is 46.4 Å². The van der Waals surface area contributed by atoms with Gasteiger partial charge in [0.15, 0.2) is 0 Å². The summed E-state index contributed by atoms with van der Waals surface area (Å²) in [5.41, 5.74) is 7.02. The molecule has 1 amide bonds. The van der Waals surface area contributed by atoms with E-state index in [9.17, 15) is 9.90 Å². The lowest BCUT2D eigenvalue weighted by atomic mass is 9.76. The Hall–Kier alpha value is -2.66. The number of rotatable bonds is 5. The molecule has 1 N–H and O–H groups in total. The highest BCUT2D eigenvalue weighted by Crippen LogP contribution is 2.45. The van der Waals surface area contributed by atoms with Gasteiger partial charge in [0.05, 0.1) is 5.69 Å². The topological polar surface area (TPSA) is 62.7 Å². The van der Waals surface area contributed by atoms with Crippen LogP contribution in [0.3, 0.4) is 0 Å². The number of aryl methyl sites for hydroxylation is 1. The molecular formula is C29H38N2O3. The van der Waals surface area contributed by atoms with E-state index in [0.29, 0.717) is 19.0 Å². The smallest absolute Gasteiger partial charge is 0.410 e. The van der Waals surface area contributed by atoms with Gasteiger partial charge in [0, 0.05) is 31.8 Å². The zero-order chi connectivity index (χ0) is 24.3. The highest BCUT2D eigenvalue weighted by molar-refractivity contribution is 5.86. The van der Waals surface area contributed by atoms with Crippen molar-refractivity contribution in [3.8, 4) is 0 Å². The number of aromatic nitrogens is 1. The predicted octanol–water partition coefficient (Wildman–Crippen LogP) is 6.05. The average molecular weight is 463 g/mol. The molecule has 1 atom stereocenters. The molecule has 4 rings (SSSR count). The number of hydrogen-bond donors (Lipinski definition) is 1. The number of carbonyl (C=O) groups is 1. The number of likely N-dealkylation sites (tertiary alicyclic amines) is 1. The fraction of sp³-hybridized carbons (Fsp3) is 0.517. The van der Waals surface area contributed by atoms with E-state index in [-0.39, 0.29) is 18.6 Å². The third kappa shape index (κ3) is 5.35. The molecule has 1 aromatic carbocycles. The summed E-state index contributed by atoms with van der Waals surface area (Å²) in [6, 6.07) is 11.1. The number of nitrogens with zero attached hydrogens (tertiary/aromatic N) is 2. The van der Waals surface area contributed by atoms with Crippen LogP contribution in [0.25, 0.3) is 11.6 Å². The Balaban J connectivity index is 1.68. The summed E-state index contributed by atoms with van der Waals surface area (Å²) in [4.78, 5) is 19.4. The molecule has 1 fully saturated rings. The van der Waals surface area contributed by atoms with Crippen molar-refractivity contribution in [2.75, 3.05) is 19.7 Å². The standard InChI is InChI=1S/C29H38N2O3/c1-5-20-10-11-24-23(18-20)19-22(8-7-17-32)25-9-6-14-30-27(25)26(24)21-12-15-31(16-13-21)28(33)34-29(2,3)4/h6,9-11,14,18-19,21,26,32H,5,7-8,12-13,15-17H2,1-4H3. The minimum Gasteiger partial charge on any atom is -0.444 e. The monoisotopic (exact) mass is 462 g/mol. The number of pyridine rings is 1. The van der Waals surface area contributed by atoms with E-state index in [2.05, 4.69) is 37.3 Å². The molecule has 1 unspecified atom stereocenters. The first-order valence-electron chi connectivity index (χ1n) is 12.7. The van der Waals surface area contributed by atoms with Gasteiger partial charge in [-0.3, -0.25) is 4.98 Å². The number of ether oxygens (including phenoxy) is 1. The lowest BCUT2D eigenvalue weighted by Crippen LogP contribution is -2.42. The number of piperidine rings is 1. The third-order valence-electron chi connectivity index (χ3n) is 6.97. The van der Waals surface area contributed by atoms with E-state index in [1.807, 2.05) is 37.9 Å². The quantitative estimate of drug-likeness (QED) is 0.588. The van der Waals surface area contributed by atoms with Gasteiger partial charge in [0.1, 0.15) is 5.60 Å². The van der Waals surface area contributed by atoms with Crippen LogP contribution in [-0.2, 0) is 11.2 Å². The Morgan fingerprint density at radius 1 is 1.21 bits per heavy atom. The number of carbonyl (C=O) groups excluding carboxylic acids is 1. The largest absolute Gasteiger partial charge is 0.444 e. The molecule has 182 valence electrons. The Morgan fingerprint density at radius 3 is 2.65 bits per heavy atom. The van der Waals surface area contributed by atoms with Gasteiger partial charge >= 0.3 is 6.09 Å². The fourth-order valence-electron chi connectivity index (χ4n) is 5.30. The highest BCUT2D eigenvalue weighted by atomic mass is 16.6. The second kappa shape index (κ2) is 10.3. The third-order valence-corrected chi connectivity index (χ3v) is 6.97. The molecule has 0 bridgehead atoms. The van der Waals surface area contributed by atoms with Gasteiger partial charge in [0.2, 0.25) is 0 Å². The molecule has 0 radical (unpaired) electrons. The molecule has 2 aliphatic rings. The number of aliphatic hydroxyl groups excluding tert-OH is 1. The molecule has 5 heteroatoms. The zero-order valence-corrected chi connectivity index (χ0v) is 21.0. The Morgan fingerprint density at radius 2 is 1.97 bits per heavy atom. The maximum atomic E-state index is 12.6.